The molecule has 0 aliphatic carbocycles. The molecule has 0 heterocycles. The molecule has 0 aromatic heterocycles. The lowest BCUT2D eigenvalue weighted by atomic mass is 10.0. The Bertz CT molecular complexity index is 578. The Balaban J connectivity index is 0. The van der Waals surface area contributed by atoms with Crippen molar-refractivity contribution in [1.29, 1.82) is 0 Å². The van der Waals surface area contributed by atoms with Crippen molar-refractivity contribution < 1.29 is 19.1 Å². The van der Waals surface area contributed by atoms with E-state index in [4.69, 9.17) is 4.74 Å². The van der Waals surface area contributed by atoms with Crippen molar-refractivity contribution in [1.82, 2.24) is 0 Å². The van der Waals surface area contributed by atoms with Crippen LogP contribution in [0.25, 0.3) is 6.08 Å². The molecule has 30 heavy (non-hydrogen) atoms. The second-order valence-corrected chi connectivity index (χ2v) is 6.59. The van der Waals surface area contributed by atoms with Crippen LogP contribution in [-0.4, -0.2) is 25.2 Å². The predicted octanol–water partition coefficient (Wildman–Crippen LogP) is 6.78. The van der Waals surface area contributed by atoms with Gasteiger partial charge < -0.3 is 9.47 Å². The molecule has 168 valence electrons. The molecule has 1 rings (SSSR count). The molecule has 1 aromatic carbocycles. The Morgan fingerprint density at radius 3 is 1.90 bits per heavy atom. The second-order valence-electron chi connectivity index (χ2n) is 6.59. The molecule has 1 unspecified atom stereocenters. The van der Waals surface area contributed by atoms with Crippen molar-refractivity contribution in [2.75, 3.05) is 13.2 Å². The lowest BCUT2D eigenvalue weighted by Gasteiger charge is -2.13. The van der Waals surface area contributed by atoms with Crippen LogP contribution in [0.4, 0.5) is 0 Å². The van der Waals surface area contributed by atoms with Crippen molar-refractivity contribution in [2.24, 2.45) is 5.92 Å². The quantitative estimate of drug-likeness (QED) is 0.214. The smallest absolute Gasteiger partial charge is 0.330 e. The van der Waals surface area contributed by atoms with Gasteiger partial charge in [0.05, 0.1) is 13.2 Å². The Kier molecular flexibility index (Phi) is 22.3. The summed E-state index contributed by atoms with van der Waals surface area (Å²) in [5, 5.41) is 0. The van der Waals surface area contributed by atoms with Crippen LogP contribution >= 0.6 is 0 Å². The van der Waals surface area contributed by atoms with Crippen molar-refractivity contribution in [3.8, 4) is 0 Å². The van der Waals surface area contributed by atoms with Crippen LogP contribution in [0.15, 0.2) is 62.2 Å². The average Bonchev–Trinajstić information content (AvgIpc) is 2.80. The largest absolute Gasteiger partial charge is 0.463 e. The molecule has 1 aromatic rings. The lowest BCUT2D eigenvalue weighted by molar-refractivity contribution is -0.139. The van der Waals surface area contributed by atoms with E-state index in [-0.39, 0.29) is 11.9 Å². The summed E-state index contributed by atoms with van der Waals surface area (Å²) in [5.41, 5.74) is 1.17. The minimum Gasteiger partial charge on any atom is -0.463 e. The number of hydrogen-bond acceptors (Lipinski definition) is 4. The zero-order chi connectivity index (χ0) is 23.0. The third kappa shape index (κ3) is 20.1. The van der Waals surface area contributed by atoms with E-state index in [2.05, 4.69) is 38.3 Å². The van der Waals surface area contributed by atoms with Gasteiger partial charge in [0.25, 0.3) is 0 Å². The Morgan fingerprint density at radius 2 is 1.47 bits per heavy atom. The molecule has 4 heteroatoms. The van der Waals surface area contributed by atoms with Gasteiger partial charge in [-0.15, -0.1) is 0 Å². The molecule has 0 saturated carbocycles. The van der Waals surface area contributed by atoms with Gasteiger partial charge in [-0.1, -0.05) is 103 Å². The van der Waals surface area contributed by atoms with Gasteiger partial charge >= 0.3 is 11.9 Å². The van der Waals surface area contributed by atoms with E-state index in [9.17, 15) is 9.59 Å². The van der Waals surface area contributed by atoms with Gasteiger partial charge in [0.1, 0.15) is 0 Å². The summed E-state index contributed by atoms with van der Waals surface area (Å²) in [6.45, 7) is 17.6. The monoisotopic (exact) mass is 416 g/mol. The van der Waals surface area contributed by atoms with Gasteiger partial charge in [-0.2, -0.15) is 0 Å². The fraction of sp³-hybridized carbons (Fsp3) is 0.462. The van der Waals surface area contributed by atoms with Crippen molar-refractivity contribution in [2.45, 2.75) is 59.3 Å². The highest BCUT2D eigenvalue weighted by atomic mass is 16.5. The summed E-state index contributed by atoms with van der Waals surface area (Å²) in [4.78, 5) is 21.1. The Morgan fingerprint density at radius 1 is 0.900 bits per heavy atom. The van der Waals surface area contributed by atoms with E-state index in [1.807, 2.05) is 43.3 Å². The van der Waals surface area contributed by atoms with Gasteiger partial charge in [-0.25, -0.2) is 9.59 Å². The summed E-state index contributed by atoms with van der Waals surface area (Å²) < 4.78 is 9.66. The van der Waals surface area contributed by atoms with Crippen LogP contribution in [0, 0.1) is 5.92 Å². The Labute approximate surface area is 183 Å². The first-order valence-corrected chi connectivity index (χ1v) is 10.7. The van der Waals surface area contributed by atoms with E-state index in [0.717, 1.165) is 25.7 Å². The first-order chi connectivity index (χ1) is 14.5. The van der Waals surface area contributed by atoms with E-state index < -0.39 is 0 Å². The molecule has 0 N–H and O–H groups in total. The first kappa shape index (κ1) is 29.6. The number of hydrogen-bond donors (Lipinski definition) is 0. The van der Waals surface area contributed by atoms with Gasteiger partial charge in [0.2, 0.25) is 0 Å². The lowest BCUT2D eigenvalue weighted by Crippen LogP contribution is -2.12. The average molecular weight is 417 g/mol. The maximum absolute atomic E-state index is 10.8. The zero-order valence-electron chi connectivity index (χ0n) is 19.1. The molecular formula is C26H40O4. The predicted molar refractivity (Wildman–Crippen MR) is 127 cm³/mol. The van der Waals surface area contributed by atoms with Crippen LogP contribution in [0.3, 0.4) is 0 Å². The molecule has 0 spiro atoms. The standard InChI is InChI=1S/C11H20O2.C8H8.C7H12O2/c1-4-7-8-10(5-2)9-13-11(12)6-3;1-2-8-6-4-3-5-7-8;1-3-5-6-9-7(8)4-2/h6,10H,3-5,7-9H2,1-2H3;2-7H,1H2;4H,2-3,5-6H2,1H3. The van der Waals surface area contributed by atoms with E-state index in [1.54, 1.807) is 0 Å². The molecule has 0 fully saturated rings. The summed E-state index contributed by atoms with van der Waals surface area (Å²) in [6.07, 6.45) is 10.8. The zero-order valence-corrected chi connectivity index (χ0v) is 19.1. The van der Waals surface area contributed by atoms with Crippen molar-refractivity contribution >= 4 is 18.0 Å². The molecule has 0 amide bonds. The maximum Gasteiger partial charge on any atom is 0.330 e. The van der Waals surface area contributed by atoms with Crippen LogP contribution in [-0.2, 0) is 19.1 Å². The molecule has 0 radical (unpaired) electrons. The fourth-order valence-electron chi connectivity index (χ4n) is 2.12. The molecule has 0 aliphatic rings. The molecule has 0 saturated heterocycles. The van der Waals surface area contributed by atoms with Crippen LogP contribution in [0.2, 0.25) is 0 Å². The number of unbranched alkanes of at least 4 members (excludes halogenated alkanes) is 2. The molecule has 1 atom stereocenters. The summed E-state index contributed by atoms with van der Waals surface area (Å²) in [7, 11) is 0. The molecule has 4 nitrogen and oxygen atoms in total. The van der Waals surface area contributed by atoms with E-state index in [1.165, 1.54) is 30.6 Å². The van der Waals surface area contributed by atoms with Gasteiger partial charge in [-0.05, 0) is 24.3 Å². The molecule has 0 aliphatic heterocycles. The van der Waals surface area contributed by atoms with E-state index in [0.29, 0.717) is 19.1 Å². The first-order valence-electron chi connectivity index (χ1n) is 10.7. The normalized spacial score (nSPS) is 10.1. The number of rotatable bonds is 12. The number of ether oxygens (including phenoxy) is 2. The highest BCUT2D eigenvalue weighted by molar-refractivity contribution is 5.81. The summed E-state index contributed by atoms with van der Waals surface area (Å²) in [6, 6.07) is 10.0. The Hall–Kier alpha value is -2.62. The topological polar surface area (TPSA) is 52.6 Å². The van der Waals surface area contributed by atoms with Crippen molar-refractivity contribution in [3.63, 3.8) is 0 Å². The second kappa shape index (κ2) is 22.7. The highest BCUT2D eigenvalue weighted by Crippen LogP contribution is 2.12. The fourth-order valence-corrected chi connectivity index (χ4v) is 2.12. The van der Waals surface area contributed by atoms with Gasteiger partial charge in [-0.3, -0.25) is 0 Å². The maximum atomic E-state index is 10.8. The van der Waals surface area contributed by atoms with Gasteiger partial charge in [0, 0.05) is 12.2 Å². The van der Waals surface area contributed by atoms with Crippen LogP contribution in [0.1, 0.15) is 64.9 Å². The van der Waals surface area contributed by atoms with Crippen molar-refractivity contribution in [3.05, 3.63) is 67.8 Å². The minimum atomic E-state index is -0.330. The number of benzene rings is 1. The van der Waals surface area contributed by atoms with Gasteiger partial charge in [0.15, 0.2) is 0 Å². The third-order valence-electron chi connectivity index (χ3n) is 4.12. The summed E-state index contributed by atoms with van der Waals surface area (Å²) in [5.74, 6) is -0.123. The third-order valence-corrected chi connectivity index (χ3v) is 4.12. The highest BCUT2D eigenvalue weighted by Gasteiger charge is 2.07. The number of carbonyl (C=O) groups excluding carboxylic acids is 2. The number of esters is 2. The minimum absolute atomic E-state index is 0.310. The molecule has 0 bridgehead atoms. The van der Waals surface area contributed by atoms with Crippen LogP contribution in [0.5, 0.6) is 0 Å². The SMILES string of the molecule is C=CC(=O)OCC(CC)CCCC.C=CC(=O)OCCCC.C=Cc1ccccc1. The van der Waals surface area contributed by atoms with Crippen LogP contribution < -0.4 is 0 Å². The molecular weight excluding hydrogens is 376 g/mol. The number of carbonyl (C=O) groups is 2. The van der Waals surface area contributed by atoms with E-state index >= 15 is 0 Å². The summed E-state index contributed by atoms with van der Waals surface area (Å²) >= 11 is 0.